The number of nitrogens with one attached hydrogen (secondary N) is 1. The molecule has 35 heavy (non-hydrogen) atoms. The van der Waals surface area contributed by atoms with E-state index in [0.29, 0.717) is 5.56 Å². The Labute approximate surface area is 194 Å². The number of nitro groups is 3. The average Bonchev–Trinajstić information content (AvgIpc) is 2.83. The van der Waals surface area contributed by atoms with Gasteiger partial charge in [-0.15, -0.1) is 0 Å². The molecule has 1 amide bonds. The Morgan fingerprint density at radius 1 is 0.771 bits per heavy atom. The normalized spacial score (nSPS) is 10.5. The first-order valence-corrected chi connectivity index (χ1v) is 9.48. The van der Waals surface area contributed by atoms with Crippen molar-refractivity contribution in [2.45, 2.75) is 0 Å². The predicted molar refractivity (Wildman–Crippen MR) is 119 cm³/mol. The molecule has 1 N–H and O–H groups in total. The lowest BCUT2D eigenvalue weighted by atomic mass is 10.1. The topological polar surface area (TPSA) is 197 Å². The molecule has 0 bridgehead atoms. The van der Waals surface area contributed by atoms with Crippen LogP contribution in [0.15, 0.2) is 71.8 Å². The second kappa shape index (κ2) is 10.4. The molecule has 0 aliphatic rings. The summed E-state index contributed by atoms with van der Waals surface area (Å²) in [5.41, 5.74) is 0.810. The van der Waals surface area contributed by atoms with Gasteiger partial charge in [-0.25, -0.2) is 10.2 Å². The molecular weight excluding hydrogens is 466 g/mol. The summed E-state index contributed by atoms with van der Waals surface area (Å²) in [6.07, 6.45) is 1.19. The zero-order valence-corrected chi connectivity index (χ0v) is 17.4. The molecule has 0 atom stereocenters. The summed E-state index contributed by atoms with van der Waals surface area (Å²) >= 11 is 0. The molecule has 0 fully saturated rings. The third kappa shape index (κ3) is 6.26. The minimum atomic E-state index is -0.922. The van der Waals surface area contributed by atoms with Crippen molar-refractivity contribution < 1.29 is 29.1 Å². The number of esters is 1. The number of hydrazone groups is 1. The maximum atomic E-state index is 12.2. The summed E-state index contributed by atoms with van der Waals surface area (Å²) in [5, 5.41) is 36.3. The molecule has 176 valence electrons. The zero-order chi connectivity index (χ0) is 25.5. The number of nitro benzene ring substituents is 3. The number of hydrogen-bond acceptors (Lipinski definition) is 10. The Morgan fingerprint density at radius 3 is 1.94 bits per heavy atom. The van der Waals surface area contributed by atoms with Gasteiger partial charge in [-0.2, -0.15) is 5.10 Å². The van der Waals surface area contributed by atoms with Crippen LogP contribution >= 0.6 is 0 Å². The Hall–Kier alpha value is -5.53. The number of rotatable bonds is 8. The lowest BCUT2D eigenvalue weighted by molar-refractivity contribution is -0.394. The van der Waals surface area contributed by atoms with Crippen LogP contribution in [0.2, 0.25) is 0 Å². The van der Waals surface area contributed by atoms with E-state index < -0.39 is 38.0 Å². The summed E-state index contributed by atoms with van der Waals surface area (Å²) < 4.78 is 5.22. The van der Waals surface area contributed by atoms with Gasteiger partial charge in [0.1, 0.15) is 5.75 Å². The minimum absolute atomic E-state index is 0.0907. The highest BCUT2D eigenvalue weighted by molar-refractivity contribution is 5.96. The fraction of sp³-hybridized carbons (Fsp3) is 0. The summed E-state index contributed by atoms with van der Waals surface area (Å²) in [4.78, 5) is 54.7. The predicted octanol–water partition coefficient (Wildman–Crippen LogP) is 3.39. The van der Waals surface area contributed by atoms with Crippen LogP contribution in [-0.4, -0.2) is 32.9 Å². The maximum Gasteiger partial charge on any atom is 0.343 e. The van der Waals surface area contributed by atoms with Crippen molar-refractivity contribution in [2.24, 2.45) is 5.10 Å². The van der Waals surface area contributed by atoms with Crippen LogP contribution in [0.25, 0.3) is 0 Å². The summed E-state index contributed by atoms with van der Waals surface area (Å²) in [6.45, 7) is 0. The lowest BCUT2D eigenvalue weighted by Gasteiger charge is -2.05. The van der Waals surface area contributed by atoms with Crippen molar-refractivity contribution in [3.05, 3.63) is 114 Å². The molecule has 0 radical (unpaired) electrons. The van der Waals surface area contributed by atoms with E-state index >= 15 is 0 Å². The number of nitrogens with zero attached hydrogens (tertiary/aromatic N) is 4. The highest BCUT2D eigenvalue weighted by Crippen LogP contribution is 2.22. The highest BCUT2D eigenvalue weighted by Gasteiger charge is 2.19. The summed E-state index contributed by atoms with van der Waals surface area (Å²) in [6, 6.07) is 13.3. The van der Waals surface area contributed by atoms with Gasteiger partial charge >= 0.3 is 5.97 Å². The number of benzene rings is 3. The number of ether oxygens (including phenoxy) is 1. The fourth-order valence-electron chi connectivity index (χ4n) is 2.71. The van der Waals surface area contributed by atoms with Crippen molar-refractivity contribution in [1.29, 1.82) is 0 Å². The van der Waals surface area contributed by atoms with E-state index in [-0.39, 0.29) is 22.6 Å². The standard InChI is InChI=1S/C21H13N5O9/c27-20(15-9-17(25(31)32)11-18(10-15)26(33)34)23-22-12-13-2-1-3-19(8-13)35-21(28)14-4-6-16(7-5-14)24(29)30/h1-12H,(H,23,27)/b22-12+. The molecule has 0 saturated heterocycles. The Balaban J connectivity index is 1.68. The SMILES string of the molecule is O=C(N/N=C/c1cccc(OC(=O)c2ccc([N+](=O)[O-])cc2)c1)c1cc([N+](=O)[O-])cc([N+](=O)[O-])c1. The van der Waals surface area contributed by atoms with Gasteiger partial charge in [-0.1, -0.05) is 12.1 Å². The van der Waals surface area contributed by atoms with Crippen molar-refractivity contribution in [3.8, 4) is 5.75 Å². The molecule has 3 aromatic rings. The molecule has 0 saturated carbocycles. The largest absolute Gasteiger partial charge is 0.423 e. The molecule has 0 heterocycles. The number of carbonyl (C=O) groups is 2. The molecule has 14 nitrogen and oxygen atoms in total. The van der Waals surface area contributed by atoms with Crippen LogP contribution in [0, 0.1) is 30.3 Å². The third-order valence-electron chi connectivity index (χ3n) is 4.35. The van der Waals surface area contributed by atoms with E-state index in [0.717, 1.165) is 30.3 Å². The Kier molecular flexibility index (Phi) is 7.16. The monoisotopic (exact) mass is 479 g/mol. The Morgan fingerprint density at radius 2 is 1.37 bits per heavy atom. The van der Waals surface area contributed by atoms with Gasteiger partial charge in [0.2, 0.25) is 0 Å². The van der Waals surface area contributed by atoms with E-state index in [9.17, 15) is 39.9 Å². The second-order valence-corrected chi connectivity index (χ2v) is 6.72. The van der Waals surface area contributed by atoms with Gasteiger partial charge in [0.25, 0.3) is 23.0 Å². The van der Waals surface area contributed by atoms with Gasteiger partial charge in [0.15, 0.2) is 0 Å². The van der Waals surface area contributed by atoms with Gasteiger partial charge in [-0.05, 0) is 29.8 Å². The Bertz CT molecular complexity index is 1340. The number of carbonyl (C=O) groups excluding carboxylic acids is 2. The van der Waals surface area contributed by atoms with Crippen LogP contribution < -0.4 is 10.2 Å². The highest BCUT2D eigenvalue weighted by atomic mass is 16.6. The van der Waals surface area contributed by atoms with Gasteiger partial charge in [0.05, 0.1) is 38.2 Å². The molecule has 0 aliphatic carbocycles. The number of hydrogen-bond donors (Lipinski definition) is 1. The fourth-order valence-corrected chi connectivity index (χ4v) is 2.71. The van der Waals surface area contributed by atoms with Crippen molar-refractivity contribution in [3.63, 3.8) is 0 Å². The van der Waals surface area contributed by atoms with E-state index in [1.165, 1.54) is 36.5 Å². The van der Waals surface area contributed by atoms with Crippen LogP contribution in [-0.2, 0) is 0 Å². The van der Waals surface area contributed by atoms with Crippen LogP contribution in [0.5, 0.6) is 5.75 Å². The van der Waals surface area contributed by atoms with E-state index in [4.69, 9.17) is 4.74 Å². The summed E-state index contributed by atoms with van der Waals surface area (Å²) in [7, 11) is 0. The first-order valence-electron chi connectivity index (χ1n) is 9.48. The number of amides is 1. The van der Waals surface area contributed by atoms with E-state index in [1.54, 1.807) is 6.07 Å². The minimum Gasteiger partial charge on any atom is -0.423 e. The smallest absolute Gasteiger partial charge is 0.343 e. The lowest BCUT2D eigenvalue weighted by Crippen LogP contribution is -2.18. The average molecular weight is 479 g/mol. The van der Waals surface area contributed by atoms with Gasteiger partial charge in [-0.3, -0.25) is 35.1 Å². The first-order chi connectivity index (χ1) is 16.6. The van der Waals surface area contributed by atoms with Gasteiger partial charge in [0, 0.05) is 24.3 Å². The first kappa shape index (κ1) is 24.1. The van der Waals surface area contributed by atoms with E-state index in [2.05, 4.69) is 10.5 Å². The molecule has 14 heteroatoms. The molecule has 0 unspecified atom stereocenters. The molecule has 0 aromatic heterocycles. The molecule has 0 spiro atoms. The maximum absolute atomic E-state index is 12.2. The van der Waals surface area contributed by atoms with Gasteiger partial charge < -0.3 is 4.74 Å². The van der Waals surface area contributed by atoms with Crippen molar-refractivity contribution >= 4 is 35.2 Å². The van der Waals surface area contributed by atoms with Crippen LogP contribution in [0.1, 0.15) is 26.3 Å². The van der Waals surface area contributed by atoms with Crippen molar-refractivity contribution in [1.82, 2.24) is 5.43 Å². The molecular formula is C21H13N5O9. The second-order valence-electron chi connectivity index (χ2n) is 6.72. The van der Waals surface area contributed by atoms with Crippen LogP contribution in [0.3, 0.4) is 0 Å². The molecule has 0 aliphatic heterocycles. The molecule has 3 aromatic carbocycles. The molecule has 3 rings (SSSR count). The van der Waals surface area contributed by atoms with E-state index in [1.807, 2.05) is 0 Å². The quantitative estimate of drug-likeness (QED) is 0.165. The summed E-state index contributed by atoms with van der Waals surface area (Å²) in [5.74, 6) is -1.55. The van der Waals surface area contributed by atoms with Crippen molar-refractivity contribution in [2.75, 3.05) is 0 Å². The zero-order valence-electron chi connectivity index (χ0n) is 17.4. The number of non-ortho nitro benzene ring substituents is 3. The van der Waals surface area contributed by atoms with Crippen LogP contribution in [0.4, 0.5) is 17.1 Å². The third-order valence-corrected chi connectivity index (χ3v) is 4.35.